The van der Waals surface area contributed by atoms with Gasteiger partial charge >= 0.3 is 11.7 Å². The minimum absolute atomic E-state index is 0.105. The van der Waals surface area contributed by atoms with Gasteiger partial charge < -0.3 is 9.84 Å². The first-order chi connectivity index (χ1) is 9.81. The van der Waals surface area contributed by atoms with Crippen LogP contribution in [-0.4, -0.2) is 34.7 Å². The molecule has 7 heteroatoms. The van der Waals surface area contributed by atoms with Gasteiger partial charge in [0.15, 0.2) is 5.75 Å². The molecular formula is C14H20N2O5. The van der Waals surface area contributed by atoms with Crippen LogP contribution in [0.4, 0.5) is 5.69 Å². The highest BCUT2D eigenvalue weighted by Gasteiger charge is 2.34. The Bertz CT molecular complexity index is 532. The van der Waals surface area contributed by atoms with Crippen LogP contribution in [0, 0.1) is 17.0 Å². The molecule has 0 aliphatic rings. The topological polar surface area (TPSA) is 102 Å². The summed E-state index contributed by atoms with van der Waals surface area (Å²) in [5.74, 6) is -0.958. The second-order valence-electron chi connectivity index (χ2n) is 5.03. The number of hydrogen-bond donors (Lipinski definition) is 2. The smallest absolute Gasteiger partial charge is 0.327 e. The summed E-state index contributed by atoms with van der Waals surface area (Å²) >= 11 is 0. The standard InChI is InChI=1S/C14H20N2O5/c1-4-8-15-14(3,13(17)18)9-21-12-10(2)6-5-7-11(12)16(19)20/h5-7,15H,4,8-9H2,1-3H3,(H,17,18). The van der Waals surface area contributed by atoms with Crippen LogP contribution in [-0.2, 0) is 4.79 Å². The third-order valence-corrected chi connectivity index (χ3v) is 3.13. The van der Waals surface area contributed by atoms with Crippen molar-refractivity contribution in [1.29, 1.82) is 0 Å². The number of nitro benzene ring substituents is 1. The van der Waals surface area contributed by atoms with Gasteiger partial charge in [0.1, 0.15) is 12.1 Å². The molecule has 0 saturated carbocycles. The number of aliphatic carboxylic acids is 1. The van der Waals surface area contributed by atoms with Gasteiger partial charge in [-0.1, -0.05) is 19.1 Å². The number of carboxylic acid groups (broad SMARTS) is 1. The van der Waals surface area contributed by atoms with Gasteiger partial charge in [0.25, 0.3) is 0 Å². The second-order valence-corrected chi connectivity index (χ2v) is 5.03. The maximum Gasteiger partial charge on any atom is 0.327 e. The Morgan fingerprint density at radius 2 is 2.19 bits per heavy atom. The van der Waals surface area contributed by atoms with E-state index in [0.717, 1.165) is 6.42 Å². The summed E-state index contributed by atoms with van der Waals surface area (Å²) in [4.78, 5) is 21.8. The Balaban J connectivity index is 2.95. The monoisotopic (exact) mass is 296 g/mol. The molecule has 0 aliphatic carbocycles. The van der Waals surface area contributed by atoms with Gasteiger partial charge in [0, 0.05) is 6.07 Å². The average Bonchev–Trinajstić information content (AvgIpc) is 2.43. The Morgan fingerprint density at radius 3 is 2.71 bits per heavy atom. The van der Waals surface area contributed by atoms with Crippen molar-refractivity contribution in [3.8, 4) is 5.75 Å². The number of nitrogens with zero attached hydrogens (tertiary/aromatic N) is 1. The fourth-order valence-electron chi connectivity index (χ4n) is 1.77. The van der Waals surface area contributed by atoms with Crippen LogP contribution in [0.5, 0.6) is 5.75 Å². The molecule has 0 spiro atoms. The molecule has 0 radical (unpaired) electrons. The quantitative estimate of drug-likeness (QED) is 0.563. The van der Waals surface area contributed by atoms with E-state index in [4.69, 9.17) is 4.74 Å². The van der Waals surface area contributed by atoms with E-state index in [0.29, 0.717) is 12.1 Å². The summed E-state index contributed by atoms with van der Waals surface area (Å²) < 4.78 is 5.47. The fourth-order valence-corrected chi connectivity index (χ4v) is 1.77. The van der Waals surface area contributed by atoms with Crippen molar-refractivity contribution >= 4 is 11.7 Å². The Hall–Kier alpha value is -2.15. The average molecular weight is 296 g/mol. The van der Waals surface area contributed by atoms with Crippen molar-refractivity contribution in [2.24, 2.45) is 0 Å². The highest BCUT2D eigenvalue weighted by atomic mass is 16.6. The molecule has 2 N–H and O–H groups in total. The number of nitro groups is 1. The van der Waals surface area contributed by atoms with E-state index in [1.54, 1.807) is 19.1 Å². The van der Waals surface area contributed by atoms with E-state index in [1.807, 2.05) is 6.92 Å². The van der Waals surface area contributed by atoms with Crippen LogP contribution in [0.3, 0.4) is 0 Å². The van der Waals surface area contributed by atoms with Gasteiger partial charge in [-0.05, 0) is 32.4 Å². The van der Waals surface area contributed by atoms with Crippen molar-refractivity contribution in [1.82, 2.24) is 5.32 Å². The third kappa shape index (κ3) is 4.16. The summed E-state index contributed by atoms with van der Waals surface area (Å²) in [6.45, 7) is 5.41. The van der Waals surface area contributed by atoms with Crippen molar-refractivity contribution < 1.29 is 19.6 Å². The fraction of sp³-hybridized carbons (Fsp3) is 0.500. The molecule has 0 heterocycles. The van der Waals surface area contributed by atoms with Crippen molar-refractivity contribution in [2.75, 3.05) is 13.2 Å². The number of rotatable bonds is 8. The predicted molar refractivity (Wildman–Crippen MR) is 77.7 cm³/mol. The predicted octanol–water partition coefficient (Wildman–Crippen LogP) is 2.12. The Morgan fingerprint density at radius 1 is 1.52 bits per heavy atom. The van der Waals surface area contributed by atoms with Crippen molar-refractivity contribution in [3.05, 3.63) is 33.9 Å². The zero-order chi connectivity index (χ0) is 16.0. The van der Waals surface area contributed by atoms with Crippen LogP contribution in [0.25, 0.3) is 0 Å². The molecule has 0 bridgehead atoms. The molecule has 116 valence electrons. The normalized spacial score (nSPS) is 13.5. The van der Waals surface area contributed by atoms with E-state index >= 15 is 0 Å². The minimum atomic E-state index is -1.30. The largest absolute Gasteiger partial charge is 0.484 e. The maximum atomic E-state index is 11.4. The summed E-state index contributed by atoms with van der Waals surface area (Å²) in [6, 6.07) is 4.58. The number of nitrogens with one attached hydrogen (secondary N) is 1. The number of para-hydroxylation sites is 1. The first-order valence-electron chi connectivity index (χ1n) is 6.67. The van der Waals surface area contributed by atoms with Crippen molar-refractivity contribution in [2.45, 2.75) is 32.7 Å². The van der Waals surface area contributed by atoms with Crippen LogP contribution in [0.1, 0.15) is 25.8 Å². The third-order valence-electron chi connectivity index (χ3n) is 3.13. The highest BCUT2D eigenvalue weighted by Crippen LogP contribution is 2.30. The van der Waals surface area contributed by atoms with Crippen molar-refractivity contribution in [3.63, 3.8) is 0 Å². The lowest BCUT2D eigenvalue weighted by molar-refractivity contribution is -0.386. The number of carbonyl (C=O) groups is 1. The molecule has 0 fully saturated rings. The zero-order valence-electron chi connectivity index (χ0n) is 12.4. The molecule has 21 heavy (non-hydrogen) atoms. The first kappa shape index (κ1) is 16.9. The number of carboxylic acids is 1. The van der Waals surface area contributed by atoms with Crippen LogP contribution < -0.4 is 10.1 Å². The molecule has 0 aromatic heterocycles. The van der Waals surface area contributed by atoms with E-state index in [2.05, 4.69) is 5.32 Å². The van der Waals surface area contributed by atoms with Gasteiger partial charge in [-0.2, -0.15) is 0 Å². The van der Waals surface area contributed by atoms with Crippen LogP contribution in [0.2, 0.25) is 0 Å². The number of ether oxygens (including phenoxy) is 1. The summed E-state index contributed by atoms with van der Waals surface area (Å²) in [5, 5.41) is 23.2. The molecule has 0 aliphatic heterocycles. The number of benzene rings is 1. The van der Waals surface area contributed by atoms with Crippen LogP contribution in [0.15, 0.2) is 18.2 Å². The SMILES string of the molecule is CCCNC(C)(COc1c(C)cccc1[N+](=O)[O-])C(=O)O. The Labute approximate surface area is 123 Å². The molecule has 0 amide bonds. The van der Waals surface area contributed by atoms with Gasteiger partial charge in [-0.15, -0.1) is 0 Å². The summed E-state index contributed by atoms with van der Waals surface area (Å²) in [5.41, 5.74) is -0.878. The minimum Gasteiger partial charge on any atom is -0.484 e. The molecular weight excluding hydrogens is 276 g/mol. The molecule has 1 unspecified atom stereocenters. The molecule has 1 rings (SSSR count). The molecule has 1 atom stereocenters. The zero-order valence-corrected chi connectivity index (χ0v) is 12.4. The van der Waals surface area contributed by atoms with E-state index < -0.39 is 16.4 Å². The van der Waals surface area contributed by atoms with Crippen LogP contribution >= 0.6 is 0 Å². The lowest BCUT2D eigenvalue weighted by Gasteiger charge is -2.26. The van der Waals surface area contributed by atoms with Gasteiger partial charge in [0.05, 0.1) is 4.92 Å². The molecule has 0 saturated heterocycles. The molecule has 7 nitrogen and oxygen atoms in total. The number of hydrogen-bond acceptors (Lipinski definition) is 5. The summed E-state index contributed by atoms with van der Waals surface area (Å²) in [6.07, 6.45) is 0.771. The van der Waals surface area contributed by atoms with Gasteiger partial charge in [-0.25, -0.2) is 0 Å². The second kappa shape index (κ2) is 7.03. The van der Waals surface area contributed by atoms with E-state index in [1.165, 1.54) is 13.0 Å². The lowest BCUT2D eigenvalue weighted by Crippen LogP contribution is -2.54. The first-order valence-corrected chi connectivity index (χ1v) is 6.67. The van der Waals surface area contributed by atoms with E-state index in [-0.39, 0.29) is 18.0 Å². The molecule has 1 aromatic carbocycles. The highest BCUT2D eigenvalue weighted by molar-refractivity contribution is 5.78. The summed E-state index contributed by atoms with van der Waals surface area (Å²) in [7, 11) is 0. The van der Waals surface area contributed by atoms with Gasteiger partial charge in [0.2, 0.25) is 0 Å². The van der Waals surface area contributed by atoms with E-state index in [9.17, 15) is 20.0 Å². The maximum absolute atomic E-state index is 11.4. The number of aryl methyl sites for hydroxylation is 1. The van der Waals surface area contributed by atoms with Gasteiger partial charge in [-0.3, -0.25) is 20.2 Å². The lowest BCUT2D eigenvalue weighted by atomic mass is 10.0. The molecule has 1 aromatic rings. The Kier molecular flexibility index (Phi) is 5.66.